The minimum absolute atomic E-state index is 0.168. The number of nitrogens with one attached hydrogen (secondary N) is 1. The van der Waals surface area contributed by atoms with E-state index in [0.717, 1.165) is 11.1 Å². The molecule has 0 aromatic heterocycles. The molecule has 0 spiro atoms. The van der Waals surface area contributed by atoms with Crippen LogP contribution in [0, 0.1) is 5.92 Å². The molecule has 0 saturated heterocycles. The number of ether oxygens (including phenoxy) is 2. The number of methoxy groups -OCH3 is 1. The second-order valence-corrected chi connectivity index (χ2v) is 8.96. The molecule has 0 aliphatic rings. The Hall–Kier alpha value is -2.40. The van der Waals surface area contributed by atoms with Crippen LogP contribution >= 0.6 is 34.8 Å². The lowest BCUT2D eigenvalue weighted by molar-refractivity contribution is 0.0948. The van der Waals surface area contributed by atoms with E-state index in [9.17, 15) is 4.79 Å². The van der Waals surface area contributed by atoms with Crippen LogP contribution in [0.3, 0.4) is 0 Å². The van der Waals surface area contributed by atoms with Crippen LogP contribution in [0.15, 0.2) is 60.7 Å². The number of benzene rings is 3. The second kappa shape index (κ2) is 11.0. The second-order valence-electron chi connectivity index (χ2n) is 7.68. The largest absolute Gasteiger partial charge is 0.493 e. The Morgan fingerprint density at radius 3 is 2.22 bits per heavy atom. The van der Waals surface area contributed by atoms with Gasteiger partial charge in [-0.05, 0) is 53.9 Å². The topological polar surface area (TPSA) is 47.6 Å². The highest BCUT2D eigenvalue weighted by Crippen LogP contribution is 2.38. The average molecular weight is 493 g/mol. The van der Waals surface area contributed by atoms with Crippen LogP contribution < -0.4 is 14.8 Å². The van der Waals surface area contributed by atoms with Gasteiger partial charge in [-0.2, -0.15) is 0 Å². The van der Waals surface area contributed by atoms with E-state index in [4.69, 9.17) is 44.3 Å². The van der Waals surface area contributed by atoms with Crippen molar-refractivity contribution in [2.24, 2.45) is 5.92 Å². The van der Waals surface area contributed by atoms with Crippen molar-refractivity contribution >= 4 is 40.7 Å². The van der Waals surface area contributed by atoms with E-state index in [1.54, 1.807) is 42.5 Å². The van der Waals surface area contributed by atoms with Crippen molar-refractivity contribution in [1.29, 1.82) is 0 Å². The zero-order valence-corrected chi connectivity index (χ0v) is 20.3. The fraction of sp³-hybridized carbons (Fsp3) is 0.240. The van der Waals surface area contributed by atoms with Crippen LogP contribution in [0.2, 0.25) is 15.1 Å². The summed E-state index contributed by atoms with van der Waals surface area (Å²) in [6.45, 7) is 4.67. The molecule has 1 unspecified atom stereocenters. The fourth-order valence-corrected chi connectivity index (χ4v) is 3.73. The van der Waals surface area contributed by atoms with E-state index in [-0.39, 0.29) is 5.91 Å². The quantitative estimate of drug-likeness (QED) is 0.361. The first-order chi connectivity index (χ1) is 15.3. The van der Waals surface area contributed by atoms with E-state index in [1.165, 1.54) is 7.11 Å². The Kier molecular flexibility index (Phi) is 8.30. The smallest absolute Gasteiger partial charge is 0.251 e. The molecule has 3 rings (SSSR count). The molecule has 1 atom stereocenters. The highest BCUT2D eigenvalue weighted by Gasteiger charge is 2.22. The third kappa shape index (κ3) is 6.10. The Morgan fingerprint density at radius 1 is 0.906 bits per heavy atom. The molecule has 4 nitrogen and oxygen atoms in total. The number of amides is 1. The molecule has 0 fully saturated rings. The molecular formula is C25H24Cl3NO3. The number of hydrogen-bond acceptors (Lipinski definition) is 3. The van der Waals surface area contributed by atoms with Crippen LogP contribution in [0.4, 0.5) is 0 Å². The number of carbonyl (C=O) groups excluding carboxylic acids is 1. The maximum Gasteiger partial charge on any atom is 0.251 e. The predicted molar refractivity (Wildman–Crippen MR) is 131 cm³/mol. The molecule has 0 aliphatic carbocycles. The Balaban J connectivity index is 1.96. The molecule has 1 N–H and O–H groups in total. The molecule has 0 bridgehead atoms. The highest BCUT2D eigenvalue weighted by molar-refractivity contribution is 6.35. The van der Waals surface area contributed by atoms with Crippen molar-refractivity contribution in [2.45, 2.75) is 20.0 Å². The van der Waals surface area contributed by atoms with Gasteiger partial charge in [-0.25, -0.2) is 0 Å². The van der Waals surface area contributed by atoms with Crippen molar-refractivity contribution in [3.63, 3.8) is 0 Å². The van der Waals surface area contributed by atoms with Gasteiger partial charge in [0.25, 0.3) is 5.91 Å². The van der Waals surface area contributed by atoms with Crippen molar-refractivity contribution in [2.75, 3.05) is 13.7 Å². The zero-order valence-electron chi connectivity index (χ0n) is 18.0. The SMILES string of the molecule is COc1cc(C(=O)NCC(C)C)ccc1OC(c1ccc(Cl)cc1)c1ccc(Cl)cc1Cl. The first kappa shape index (κ1) is 24.2. The van der Waals surface area contributed by atoms with Gasteiger partial charge in [0.1, 0.15) is 0 Å². The molecule has 3 aromatic rings. The monoisotopic (exact) mass is 491 g/mol. The standard InChI is InChI=1S/C25H24Cl3NO3/c1-15(2)14-29-25(30)17-6-11-22(23(12-17)31-3)32-24(16-4-7-18(26)8-5-16)20-10-9-19(27)13-21(20)28/h4-13,15,24H,14H2,1-3H3,(H,29,30). The lowest BCUT2D eigenvalue weighted by atomic mass is 10.0. The summed E-state index contributed by atoms with van der Waals surface area (Å²) in [6.07, 6.45) is -0.549. The molecule has 7 heteroatoms. The number of rotatable bonds is 8. The number of carbonyl (C=O) groups is 1. The summed E-state index contributed by atoms with van der Waals surface area (Å²) in [5.74, 6) is 1.09. The van der Waals surface area contributed by atoms with Gasteiger partial charge < -0.3 is 14.8 Å². The van der Waals surface area contributed by atoms with Crippen molar-refractivity contribution in [3.05, 3.63) is 92.4 Å². The predicted octanol–water partition coefficient (Wildman–Crippen LogP) is 7.21. The van der Waals surface area contributed by atoms with Crippen LogP contribution in [-0.4, -0.2) is 19.6 Å². The van der Waals surface area contributed by atoms with E-state index in [2.05, 4.69) is 5.32 Å². The molecule has 3 aromatic carbocycles. The summed E-state index contributed by atoms with van der Waals surface area (Å²) in [4.78, 5) is 12.5. The first-order valence-corrected chi connectivity index (χ1v) is 11.2. The molecule has 0 saturated carbocycles. The summed E-state index contributed by atoms with van der Waals surface area (Å²) in [5, 5.41) is 4.52. The zero-order chi connectivity index (χ0) is 23.3. The third-order valence-corrected chi connectivity index (χ3v) is 5.57. The van der Waals surface area contributed by atoms with Gasteiger partial charge in [0, 0.05) is 32.7 Å². The lowest BCUT2D eigenvalue weighted by Gasteiger charge is -2.23. The summed E-state index contributed by atoms with van der Waals surface area (Å²) in [7, 11) is 1.53. The Morgan fingerprint density at radius 2 is 1.59 bits per heavy atom. The van der Waals surface area contributed by atoms with Crippen molar-refractivity contribution < 1.29 is 14.3 Å². The van der Waals surface area contributed by atoms with Gasteiger partial charge >= 0.3 is 0 Å². The molecule has 1 amide bonds. The lowest BCUT2D eigenvalue weighted by Crippen LogP contribution is -2.27. The van der Waals surface area contributed by atoms with Crippen molar-refractivity contribution in [3.8, 4) is 11.5 Å². The maximum atomic E-state index is 12.5. The van der Waals surface area contributed by atoms with E-state index in [0.29, 0.717) is 44.6 Å². The van der Waals surface area contributed by atoms with Gasteiger partial charge in [0.2, 0.25) is 0 Å². The number of halogens is 3. The van der Waals surface area contributed by atoms with Crippen LogP contribution in [-0.2, 0) is 0 Å². The molecule has 0 radical (unpaired) electrons. The van der Waals surface area contributed by atoms with Crippen molar-refractivity contribution in [1.82, 2.24) is 5.32 Å². The summed E-state index contributed by atoms with van der Waals surface area (Å²) in [6, 6.07) is 17.7. The molecule has 0 heterocycles. The summed E-state index contributed by atoms with van der Waals surface area (Å²) in [5.41, 5.74) is 2.07. The Labute approximate surface area is 203 Å². The van der Waals surface area contributed by atoms with Gasteiger partial charge in [0.15, 0.2) is 17.6 Å². The molecule has 168 valence electrons. The molecule has 0 aliphatic heterocycles. The number of hydrogen-bond donors (Lipinski definition) is 1. The van der Waals surface area contributed by atoms with Gasteiger partial charge in [-0.3, -0.25) is 4.79 Å². The van der Waals surface area contributed by atoms with E-state index >= 15 is 0 Å². The van der Waals surface area contributed by atoms with Gasteiger partial charge in [0.05, 0.1) is 7.11 Å². The Bertz CT molecular complexity index is 1080. The van der Waals surface area contributed by atoms with Gasteiger partial charge in [-0.15, -0.1) is 0 Å². The summed E-state index contributed by atoms with van der Waals surface area (Å²) < 4.78 is 11.9. The van der Waals surface area contributed by atoms with E-state index < -0.39 is 6.10 Å². The normalized spacial score (nSPS) is 11.8. The van der Waals surface area contributed by atoms with Crippen LogP contribution in [0.5, 0.6) is 11.5 Å². The molecular weight excluding hydrogens is 469 g/mol. The fourth-order valence-electron chi connectivity index (χ4n) is 3.09. The van der Waals surface area contributed by atoms with Gasteiger partial charge in [-0.1, -0.05) is 66.8 Å². The minimum Gasteiger partial charge on any atom is -0.493 e. The first-order valence-electron chi connectivity index (χ1n) is 10.1. The van der Waals surface area contributed by atoms with Crippen LogP contribution in [0.1, 0.15) is 41.4 Å². The third-order valence-electron chi connectivity index (χ3n) is 4.76. The summed E-state index contributed by atoms with van der Waals surface area (Å²) >= 11 is 18.7. The minimum atomic E-state index is -0.549. The molecule has 32 heavy (non-hydrogen) atoms. The van der Waals surface area contributed by atoms with Crippen LogP contribution in [0.25, 0.3) is 0 Å². The average Bonchev–Trinajstić information content (AvgIpc) is 2.77. The van der Waals surface area contributed by atoms with E-state index in [1.807, 2.05) is 32.0 Å². The highest BCUT2D eigenvalue weighted by atomic mass is 35.5. The maximum absolute atomic E-state index is 12.5.